The fraction of sp³-hybridized carbons (Fsp3) is 0.467. The number of methoxy groups -OCH3 is 1. The van der Waals surface area contributed by atoms with Crippen molar-refractivity contribution < 1.29 is 19.4 Å². The van der Waals surface area contributed by atoms with Crippen LogP contribution in [-0.2, 0) is 14.3 Å². The summed E-state index contributed by atoms with van der Waals surface area (Å²) in [4.78, 5) is 24.4. The zero-order chi connectivity index (χ0) is 15.5. The van der Waals surface area contributed by atoms with Crippen LogP contribution in [0.3, 0.4) is 0 Å². The third-order valence-corrected chi connectivity index (χ3v) is 2.90. The van der Waals surface area contributed by atoms with Crippen LogP contribution in [0.1, 0.15) is 12.8 Å². The Morgan fingerprint density at radius 3 is 2.62 bits per heavy atom. The highest BCUT2D eigenvalue weighted by Crippen LogP contribution is 2.13. The van der Waals surface area contributed by atoms with E-state index in [-0.39, 0.29) is 18.9 Å². The topological polar surface area (TPSA) is 78.9 Å². The normalized spacial score (nSPS) is 10.1. The SMILES string of the molecule is COCCNC(=O)CN(CCCC(=O)O)c1ccccc1. The van der Waals surface area contributed by atoms with E-state index >= 15 is 0 Å². The van der Waals surface area contributed by atoms with Gasteiger partial charge in [0, 0.05) is 32.3 Å². The summed E-state index contributed by atoms with van der Waals surface area (Å²) in [6.45, 7) is 1.66. The fourth-order valence-electron chi connectivity index (χ4n) is 1.88. The number of carbonyl (C=O) groups excluding carboxylic acids is 1. The number of nitrogens with zero attached hydrogens (tertiary/aromatic N) is 1. The molecule has 0 aliphatic rings. The zero-order valence-electron chi connectivity index (χ0n) is 12.2. The number of carboxylic acids is 1. The molecule has 0 radical (unpaired) electrons. The van der Waals surface area contributed by atoms with Gasteiger partial charge in [0.2, 0.25) is 5.91 Å². The second-order valence-electron chi connectivity index (χ2n) is 4.60. The first-order valence-corrected chi connectivity index (χ1v) is 6.91. The number of nitrogens with one attached hydrogen (secondary N) is 1. The van der Waals surface area contributed by atoms with Crippen LogP contribution >= 0.6 is 0 Å². The molecule has 1 rings (SSSR count). The summed E-state index contributed by atoms with van der Waals surface area (Å²) in [7, 11) is 1.58. The highest BCUT2D eigenvalue weighted by molar-refractivity contribution is 5.81. The van der Waals surface area contributed by atoms with Gasteiger partial charge in [-0.2, -0.15) is 0 Å². The minimum Gasteiger partial charge on any atom is -0.481 e. The molecule has 0 spiro atoms. The van der Waals surface area contributed by atoms with Crippen LogP contribution in [0.5, 0.6) is 0 Å². The molecule has 116 valence electrons. The summed E-state index contributed by atoms with van der Waals surface area (Å²) in [5.74, 6) is -0.932. The molecule has 0 aromatic heterocycles. The lowest BCUT2D eigenvalue weighted by Crippen LogP contribution is -2.39. The molecule has 21 heavy (non-hydrogen) atoms. The predicted octanol–water partition coefficient (Wildman–Crippen LogP) is 1.12. The van der Waals surface area contributed by atoms with Crippen molar-refractivity contribution in [1.29, 1.82) is 0 Å². The Morgan fingerprint density at radius 2 is 2.00 bits per heavy atom. The Balaban J connectivity index is 2.55. The average molecular weight is 294 g/mol. The van der Waals surface area contributed by atoms with Crippen molar-refractivity contribution in [2.45, 2.75) is 12.8 Å². The third-order valence-electron chi connectivity index (χ3n) is 2.90. The fourth-order valence-corrected chi connectivity index (χ4v) is 1.88. The van der Waals surface area contributed by atoms with E-state index < -0.39 is 5.97 Å². The van der Waals surface area contributed by atoms with Crippen molar-refractivity contribution in [2.24, 2.45) is 0 Å². The molecule has 0 saturated carbocycles. The number of benzene rings is 1. The number of ether oxygens (including phenoxy) is 1. The summed E-state index contributed by atoms with van der Waals surface area (Å²) >= 11 is 0. The van der Waals surface area contributed by atoms with Gasteiger partial charge < -0.3 is 20.1 Å². The van der Waals surface area contributed by atoms with E-state index in [0.717, 1.165) is 5.69 Å². The quantitative estimate of drug-likeness (QED) is 0.632. The number of hydrogen-bond acceptors (Lipinski definition) is 4. The van der Waals surface area contributed by atoms with Crippen molar-refractivity contribution in [2.75, 3.05) is 38.3 Å². The van der Waals surface area contributed by atoms with Crippen molar-refractivity contribution in [1.82, 2.24) is 5.32 Å². The number of carbonyl (C=O) groups is 2. The lowest BCUT2D eigenvalue weighted by molar-refractivity contribution is -0.137. The molecule has 1 aromatic rings. The number of anilines is 1. The number of aliphatic carboxylic acids is 1. The van der Waals surface area contributed by atoms with E-state index in [1.807, 2.05) is 35.2 Å². The molecular weight excluding hydrogens is 272 g/mol. The van der Waals surface area contributed by atoms with Crippen LogP contribution in [-0.4, -0.2) is 50.3 Å². The molecule has 2 N–H and O–H groups in total. The number of carboxylic acid groups (broad SMARTS) is 1. The van der Waals surface area contributed by atoms with Crippen LogP contribution in [0, 0.1) is 0 Å². The van der Waals surface area contributed by atoms with E-state index in [1.54, 1.807) is 7.11 Å². The van der Waals surface area contributed by atoms with Gasteiger partial charge in [0.05, 0.1) is 13.2 Å². The Bertz CT molecular complexity index is 437. The zero-order valence-corrected chi connectivity index (χ0v) is 12.2. The predicted molar refractivity (Wildman–Crippen MR) is 80.4 cm³/mol. The molecule has 6 heteroatoms. The van der Waals surface area contributed by atoms with E-state index in [1.165, 1.54) is 0 Å². The van der Waals surface area contributed by atoms with Crippen LogP contribution < -0.4 is 10.2 Å². The van der Waals surface area contributed by atoms with E-state index in [4.69, 9.17) is 9.84 Å². The molecule has 0 bridgehead atoms. The molecule has 0 unspecified atom stereocenters. The molecule has 0 heterocycles. The van der Waals surface area contributed by atoms with Gasteiger partial charge in [0.25, 0.3) is 0 Å². The Kier molecular flexibility index (Phi) is 7.89. The third kappa shape index (κ3) is 7.31. The number of hydrogen-bond donors (Lipinski definition) is 2. The Labute approximate surface area is 124 Å². The maximum absolute atomic E-state index is 11.9. The molecule has 1 aromatic carbocycles. The molecule has 0 aliphatic carbocycles. The molecule has 1 amide bonds. The van der Waals surface area contributed by atoms with Crippen LogP contribution in [0.4, 0.5) is 5.69 Å². The standard InChI is InChI=1S/C15H22N2O4/c1-21-11-9-16-14(18)12-17(10-5-8-15(19)20)13-6-3-2-4-7-13/h2-4,6-7H,5,8-12H2,1H3,(H,16,18)(H,19,20). The van der Waals surface area contributed by atoms with E-state index in [0.29, 0.717) is 26.1 Å². The maximum atomic E-state index is 11.9. The first-order chi connectivity index (χ1) is 10.1. The van der Waals surface area contributed by atoms with Crippen LogP contribution in [0.2, 0.25) is 0 Å². The minimum atomic E-state index is -0.826. The van der Waals surface area contributed by atoms with Crippen molar-refractivity contribution in [3.05, 3.63) is 30.3 Å². The first kappa shape index (κ1) is 17.0. The van der Waals surface area contributed by atoms with E-state index in [2.05, 4.69) is 5.32 Å². The van der Waals surface area contributed by atoms with Gasteiger partial charge in [-0.05, 0) is 18.6 Å². The maximum Gasteiger partial charge on any atom is 0.303 e. The van der Waals surface area contributed by atoms with Crippen molar-refractivity contribution in [3.8, 4) is 0 Å². The first-order valence-electron chi connectivity index (χ1n) is 6.91. The van der Waals surface area contributed by atoms with Crippen LogP contribution in [0.25, 0.3) is 0 Å². The summed E-state index contributed by atoms with van der Waals surface area (Å²) in [5, 5.41) is 11.5. The lowest BCUT2D eigenvalue weighted by atomic mass is 10.2. The largest absolute Gasteiger partial charge is 0.481 e. The Morgan fingerprint density at radius 1 is 1.29 bits per heavy atom. The molecule has 0 atom stereocenters. The highest BCUT2D eigenvalue weighted by Gasteiger charge is 2.11. The van der Waals surface area contributed by atoms with Crippen molar-refractivity contribution in [3.63, 3.8) is 0 Å². The molecule has 0 aliphatic heterocycles. The molecule has 0 fully saturated rings. The van der Waals surface area contributed by atoms with Gasteiger partial charge in [0.15, 0.2) is 0 Å². The van der Waals surface area contributed by atoms with Gasteiger partial charge in [-0.3, -0.25) is 9.59 Å². The summed E-state index contributed by atoms with van der Waals surface area (Å²) in [6, 6.07) is 9.49. The second kappa shape index (κ2) is 9.77. The highest BCUT2D eigenvalue weighted by atomic mass is 16.5. The molecular formula is C15H22N2O4. The number of rotatable bonds is 10. The lowest BCUT2D eigenvalue weighted by Gasteiger charge is -2.24. The van der Waals surface area contributed by atoms with Gasteiger partial charge in [-0.1, -0.05) is 18.2 Å². The number of para-hydroxylation sites is 1. The smallest absolute Gasteiger partial charge is 0.303 e. The van der Waals surface area contributed by atoms with Gasteiger partial charge in [-0.15, -0.1) is 0 Å². The van der Waals surface area contributed by atoms with E-state index in [9.17, 15) is 9.59 Å². The molecule has 6 nitrogen and oxygen atoms in total. The minimum absolute atomic E-state index is 0.0919. The Hall–Kier alpha value is -2.08. The summed E-state index contributed by atoms with van der Waals surface area (Å²) < 4.78 is 4.88. The summed E-state index contributed by atoms with van der Waals surface area (Å²) in [5.41, 5.74) is 0.907. The average Bonchev–Trinajstić information content (AvgIpc) is 2.47. The summed E-state index contributed by atoms with van der Waals surface area (Å²) in [6.07, 6.45) is 0.588. The van der Waals surface area contributed by atoms with Crippen molar-refractivity contribution >= 4 is 17.6 Å². The van der Waals surface area contributed by atoms with Crippen LogP contribution in [0.15, 0.2) is 30.3 Å². The number of amides is 1. The second-order valence-corrected chi connectivity index (χ2v) is 4.60. The van der Waals surface area contributed by atoms with Gasteiger partial charge in [0.1, 0.15) is 0 Å². The monoisotopic (exact) mass is 294 g/mol. The van der Waals surface area contributed by atoms with Gasteiger partial charge >= 0.3 is 5.97 Å². The van der Waals surface area contributed by atoms with Gasteiger partial charge in [-0.25, -0.2) is 0 Å². The molecule has 0 saturated heterocycles.